The molecule has 0 aliphatic rings. The summed E-state index contributed by atoms with van der Waals surface area (Å²) < 4.78 is 15.0. The Hall–Kier alpha value is -8.44. The quantitative estimate of drug-likeness (QED) is 0.152. The minimum absolute atomic E-state index is 0.857. The van der Waals surface area contributed by atoms with Gasteiger partial charge >= 0.3 is 0 Å². The fourth-order valence-corrected chi connectivity index (χ4v) is 10.6. The minimum Gasteiger partial charge on any atom is -0.456 e. The molecule has 0 radical (unpaired) electrons. The van der Waals surface area contributed by atoms with Crippen molar-refractivity contribution < 1.29 is 8.83 Å². The first-order valence-electron chi connectivity index (χ1n) is 22.3. The van der Waals surface area contributed by atoms with Crippen molar-refractivity contribution in [3.63, 3.8) is 0 Å². The Labute approximate surface area is 385 Å². The van der Waals surface area contributed by atoms with Crippen molar-refractivity contribution in [2.75, 3.05) is 4.90 Å². The van der Waals surface area contributed by atoms with Crippen molar-refractivity contribution >= 4 is 81.5 Å². The molecule has 4 heteroatoms. The normalized spacial score (nSPS) is 11.6. The summed E-state index contributed by atoms with van der Waals surface area (Å²) in [5.41, 5.74) is 16.4. The summed E-state index contributed by atoms with van der Waals surface area (Å²) in [7, 11) is 0. The first kappa shape index (κ1) is 38.1. The number of benzene rings is 10. The average molecular weight is 862 g/mol. The molecular weight excluding hydrogens is 823 g/mol. The Morgan fingerprint density at radius 1 is 0.273 bits per heavy atom. The van der Waals surface area contributed by atoms with E-state index in [0.717, 1.165) is 72.4 Å². The maximum Gasteiger partial charge on any atom is 0.135 e. The number of para-hydroxylation sites is 2. The fourth-order valence-electron chi connectivity index (χ4n) is 9.47. The Bertz CT molecular complexity index is 3660. The summed E-state index contributed by atoms with van der Waals surface area (Å²) in [4.78, 5) is 2.32. The van der Waals surface area contributed by atoms with E-state index in [1.165, 1.54) is 53.6 Å². The molecular formula is C62H39NO2S. The van der Waals surface area contributed by atoms with Crippen LogP contribution in [0.25, 0.3) is 109 Å². The zero-order chi connectivity index (χ0) is 43.6. The third kappa shape index (κ3) is 6.75. The van der Waals surface area contributed by atoms with E-state index < -0.39 is 0 Å². The van der Waals surface area contributed by atoms with Gasteiger partial charge in [0.1, 0.15) is 22.5 Å². The van der Waals surface area contributed by atoms with Gasteiger partial charge in [0.15, 0.2) is 0 Å². The molecule has 0 saturated heterocycles. The predicted molar refractivity (Wildman–Crippen MR) is 278 cm³/mol. The number of rotatable bonds is 8. The van der Waals surface area contributed by atoms with Gasteiger partial charge in [-0.2, -0.15) is 0 Å². The van der Waals surface area contributed by atoms with Crippen LogP contribution in [0.4, 0.5) is 17.1 Å². The second-order valence-electron chi connectivity index (χ2n) is 16.9. The first-order chi connectivity index (χ1) is 32.6. The lowest BCUT2D eigenvalue weighted by Gasteiger charge is -2.26. The van der Waals surface area contributed by atoms with Gasteiger partial charge in [0, 0.05) is 59.0 Å². The molecule has 0 N–H and O–H groups in total. The number of thiophene rings is 1. The van der Waals surface area contributed by atoms with E-state index in [1.807, 2.05) is 41.7 Å². The lowest BCUT2D eigenvalue weighted by molar-refractivity contribution is 0.631. The maximum atomic E-state index is 6.24. The molecule has 0 spiro atoms. The van der Waals surface area contributed by atoms with Crippen LogP contribution >= 0.6 is 11.3 Å². The second-order valence-corrected chi connectivity index (χ2v) is 18.0. The van der Waals surface area contributed by atoms with E-state index in [-0.39, 0.29) is 0 Å². The van der Waals surface area contributed by atoms with Crippen molar-refractivity contribution in [2.24, 2.45) is 0 Å². The van der Waals surface area contributed by atoms with Crippen molar-refractivity contribution in [3.05, 3.63) is 237 Å². The summed E-state index contributed by atoms with van der Waals surface area (Å²) >= 11 is 1.86. The van der Waals surface area contributed by atoms with E-state index in [4.69, 9.17) is 8.83 Å². The molecule has 310 valence electrons. The zero-order valence-electron chi connectivity index (χ0n) is 35.7. The van der Waals surface area contributed by atoms with Gasteiger partial charge in [-0.15, -0.1) is 11.3 Å². The summed E-state index contributed by atoms with van der Waals surface area (Å²) in [5.74, 6) is 0.857. The number of anilines is 3. The maximum absolute atomic E-state index is 6.24. The van der Waals surface area contributed by atoms with Gasteiger partial charge < -0.3 is 13.7 Å². The zero-order valence-corrected chi connectivity index (χ0v) is 36.5. The highest BCUT2D eigenvalue weighted by Crippen LogP contribution is 2.41. The van der Waals surface area contributed by atoms with Crippen molar-refractivity contribution in [3.8, 4) is 55.8 Å². The molecule has 3 nitrogen and oxygen atoms in total. The summed E-state index contributed by atoms with van der Waals surface area (Å²) in [6.07, 6.45) is 0. The molecule has 0 saturated carbocycles. The molecule has 66 heavy (non-hydrogen) atoms. The highest BCUT2D eigenvalue weighted by Gasteiger charge is 2.16. The molecule has 10 aromatic carbocycles. The van der Waals surface area contributed by atoms with E-state index in [1.54, 1.807) is 0 Å². The molecule has 0 amide bonds. The molecule has 0 unspecified atom stereocenters. The van der Waals surface area contributed by atoms with Crippen LogP contribution in [0.3, 0.4) is 0 Å². The largest absolute Gasteiger partial charge is 0.456 e. The topological polar surface area (TPSA) is 29.5 Å². The van der Waals surface area contributed by atoms with Gasteiger partial charge in [0.2, 0.25) is 0 Å². The third-order valence-corrected chi connectivity index (χ3v) is 14.1. The van der Waals surface area contributed by atoms with Gasteiger partial charge in [-0.3, -0.25) is 0 Å². The van der Waals surface area contributed by atoms with Crippen molar-refractivity contribution in [2.45, 2.75) is 0 Å². The Morgan fingerprint density at radius 3 is 1.30 bits per heavy atom. The van der Waals surface area contributed by atoms with Crippen LogP contribution in [0.1, 0.15) is 0 Å². The lowest BCUT2D eigenvalue weighted by atomic mass is 9.98. The molecule has 13 rings (SSSR count). The van der Waals surface area contributed by atoms with Gasteiger partial charge in [-0.05, 0) is 142 Å². The van der Waals surface area contributed by atoms with Crippen LogP contribution in [0.2, 0.25) is 0 Å². The summed E-state index contributed by atoms with van der Waals surface area (Å²) in [5, 5.41) is 6.02. The van der Waals surface area contributed by atoms with Gasteiger partial charge in [-0.25, -0.2) is 0 Å². The molecule has 13 aromatic rings. The lowest BCUT2D eigenvalue weighted by Crippen LogP contribution is -2.09. The van der Waals surface area contributed by atoms with E-state index in [9.17, 15) is 0 Å². The fraction of sp³-hybridized carbons (Fsp3) is 0. The van der Waals surface area contributed by atoms with Crippen LogP contribution in [-0.4, -0.2) is 0 Å². The Balaban J connectivity index is 0.800. The summed E-state index contributed by atoms with van der Waals surface area (Å²) in [6, 6.07) is 84.7. The van der Waals surface area contributed by atoms with Crippen LogP contribution in [-0.2, 0) is 0 Å². The number of fused-ring (bicyclic) bond motifs is 7. The number of furan rings is 2. The van der Waals surface area contributed by atoms with Gasteiger partial charge in [0.05, 0.1) is 0 Å². The number of nitrogens with zero attached hydrogens (tertiary/aromatic N) is 1. The van der Waals surface area contributed by atoms with Gasteiger partial charge in [-0.1, -0.05) is 140 Å². The van der Waals surface area contributed by atoms with Crippen molar-refractivity contribution in [1.82, 2.24) is 0 Å². The molecule has 0 bridgehead atoms. The van der Waals surface area contributed by atoms with E-state index >= 15 is 0 Å². The summed E-state index contributed by atoms with van der Waals surface area (Å²) in [6.45, 7) is 0. The number of hydrogen-bond acceptors (Lipinski definition) is 4. The molecule has 0 fully saturated rings. The first-order valence-corrected chi connectivity index (χ1v) is 23.1. The van der Waals surface area contributed by atoms with Gasteiger partial charge in [0.25, 0.3) is 0 Å². The standard InChI is InChI=1S/C62H39NO2S/c1-4-10-57-49(7-1)39-60(64-57)46-25-33-52(34-26-46)63(50-29-21-42(22-30-50)40-13-17-44(18-14-40)47-27-35-59-55(37-47)53-8-2-5-11-58(53)65-59)51-31-23-43(24-32-51)41-15-19-45(20-16-41)48-28-36-62-56(38-48)54-9-3-6-12-61(54)66-62/h1-39H. The molecule has 0 atom stereocenters. The molecule has 0 aliphatic carbocycles. The van der Waals surface area contributed by atoms with Crippen LogP contribution < -0.4 is 4.90 Å². The highest BCUT2D eigenvalue weighted by atomic mass is 32.1. The van der Waals surface area contributed by atoms with Crippen LogP contribution in [0.5, 0.6) is 0 Å². The van der Waals surface area contributed by atoms with Crippen LogP contribution in [0.15, 0.2) is 245 Å². The Morgan fingerprint density at radius 2 is 0.697 bits per heavy atom. The minimum atomic E-state index is 0.857. The smallest absolute Gasteiger partial charge is 0.135 e. The monoisotopic (exact) mass is 861 g/mol. The van der Waals surface area contributed by atoms with Crippen LogP contribution in [0, 0.1) is 0 Å². The van der Waals surface area contributed by atoms with Crippen molar-refractivity contribution in [1.29, 1.82) is 0 Å². The third-order valence-electron chi connectivity index (χ3n) is 12.9. The average Bonchev–Trinajstić information content (AvgIpc) is 4.11. The molecule has 3 heterocycles. The predicted octanol–water partition coefficient (Wildman–Crippen LogP) is 18.5. The second kappa shape index (κ2) is 15.7. The SMILES string of the molecule is c1ccc2oc(-c3ccc(N(c4ccc(-c5ccc(-c6ccc7oc8ccccc8c7c6)cc5)cc4)c4ccc(-c5ccc(-c6ccc7sc8ccccc8c7c6)cc5)cc4)cc3)cc2c1. The van der Waals surface area contributed by atoms with E-state index in [2.05, 4.69) is 211 Å². The van der Waals surface area contributed by atoms with E-state index in [0.29, 0.717) is 0 Å². The number of hydrogen-bond donors (Lipinski definition) is 0. The molecule has 0 aliphatic heterocycles. The highest BCUT2D eigenvalue weighted by molar-refractivity contribution is 7.25. The molecule has 3 aromatic heterocycles. The Kier molecular flexibility index (Phi) is 9.03.